The van der Waals surface area contributed by atoms with Crippen LogP contribution in [0.25, 0.3) is 0 Å². The van der Waals surface area contributed by atoms with E-state index in [9.17, 15) is 0 Å². The van der Waals surface area contributed by atoms with Crippen LogP contribution in [-0.4, -0.2) is 12.6 Å². The largest absolute Gasteiger partial charge is 0.491 e. The molecule has 0 aliphatic rings. The van der Waals surface area contributed by atoms with Crippen molar-refractivity contribution in [1.29, 1.82) is 0 Å². The molecule has 0 aliphatic heterocycles. The van der Waals surface area contributed by atoms with Gasteiger partial charge in [0.25, 0.3) is 0 Å². The molecule has 2 atom stereocenters. The minimum absolute atomic E-state index is 0.192. The van der Waals surface area contributed by atoms with Gasteiger partial charge in [-0.15, -0.1) is 0 Å². The van der Waals surface area contributed by atoms with Crippen molar-refractivity contribution in [3.63, 3.8) is 0 Å². The number of ether oxygens (including phenoxy) is 1. The van der Waals surface area contributed by atoms with Gasteiger partial charge in [0.05, 0.1) is 6.10 Å². The Labute approximate surface area is 175 Å². The Morgan fingerprint density at radius 3 is 1.90 bits per heavy atom. The van der Waals surface area contributed by atoms with Gasteiger partial charge in [0.2, 0.25) is 0 Å². The standard InChI is InChI=1S/C27H33NO/c1-20(2)29-26-16-14-25(15-17-26)27(24-12-10-21(3)11-13-24)18-19-28-22(4)23-8-6-5-7-9-23/h5-17,20,22,27-28H,18-19H2,1-4H3/t22-,27-/m1/s1. The third-order valence-corrected chi connectivity index (χ3v) is 5.32. The molecule has 0 saturated heterocycles. The van der Waals surface area contributed by atoms with E-state index in [-0.39, 0.29) is 6.10 Å². The molecular formula is C27H33NO. The van der Waals surface area contributed by atoms with Crippen molar-refractivity contribution < 1.29 is 4.74 Å². The Balaban J connectivity index is 1.72. The monoisotopic (exact) mass is 387 g/mol. The fourth-order valence-electron chi connectivity index (χ4n) is 3.68. The first-order valence-corrected chi connectivity index (χ1v) is 10.6. The lowest BCUT2D eigenvalue weighted by Crippen LogP contribution is -2.21. The van der Waals surface area contributed by atoms with Crippen LogP contribution in [0.2, 0.25) is 0 Å². The van der Waals surface area contributed by atoms with Crippen LogP contribution in [0.15, 0.2) is 78.9 Å². The first-order valence-electron chi connectivity index (χ1n) is 10.6. The van der Waals surface area contributed by atoms with Crippen LogP contribution >= 0.6 is 0 Å². The van der Waals surface area contributed by atoms with Crippen molar-refractivity contribution in [2.75, 3.05) is 6.54 Å². The molecule has 0 amide bonds. The highest BCUT2D eigenvalue weighted by Gasteiger charge is 2.15. The van der Waals surface area contributed by atoms with Crippen molar-refractivity contribution in [2.45, 2.75) is 52.2 Å². The SMILES string of the molecule is Cc1ccc([C@@H](CCN[C@H](C)c2ccccc2)c2ccc(OC(C)C)cc2)cc1. The highest BCUT2D eigenvalue weighted by Crippen LogP contribution is 2.30. The molecule has 2 heteroatoms. The molecule has 2 nitrogen and oxygen atoms in total. The first-order chi connectivity index (χ1) is 14.0. The number of hydrogen-bond donors (Lipinski definition) is 1. The summed E-state index contributed by atoms with van der Waals surface area (Å²) in [6.45, 7) is 9.44. The normalized spacial score (nSPS) is 13.3. The number of rotatable bonds is 9. The second-order valence-electron chi connectivity index (χ2n) is 8.07. The molecule has 0 heterocycles. The van der Waals surface area contributed by atoms with Crippen LogP contribution in [-0.2, 0) is 0 Å². The smallest absolute Gasteiger partial charge is 0.119 e. The third-order valence-electron chi connectivity index (χ3n) is 5.32. The van der Waals surface area contributed by atoms with Gasteiger partial charge in [-0.2, -0.15) is 0 Å². The minimum Gasteiger partial charge on any atom is -0.491 e. The average molecular weight is 388 g/mol. The predicted octanol–water partition coefficient (Wildman–Crippen LogP) is 6.66. The number of nitrogens with one attached hydrogen (secondary N) is 1. The molecular weight excluding hydrogens is 354 g/mol. The fraction of sp³-hybridized carbons (Fsp3) is 0.333. The zero-order valence-corrected chi connectivity index (χ0v) is 18.1. The van der Waals surface area contributed by atoms with Crippen molar-refractivity contribution >= 4 is 0 Å². The van der Waals surface area contributed by atoms with E-state index in [1.54, 1.807) is 0 Å². The number of aryl methyl sites for hydroxylation is 1. The predicted molar refractivity (Wildman–Crippen MR) is 123 cm³/mol. The maximum absolute atomic E-state index is 5.82. The lowest BCUT2D eigenvalue weighted by molar-refractivity contribution is 0.242. The van der Waals surface area contributed by atoms with Gasteiger partial charge >= 0.3 is 0 Å². The topological polar surface area (TPSA) is 21.3 Å². The van der Waals surface area contributed by atoms with E-state index in [2.05, 4.69) is 112 Å². The van der Waals surface area contributed by atoms with Crippen LogP contribution in [0, 0.1) is 6.92 Å². The summed E-state index contributed by atoms with van der Waals surface area (Å²) in [7, 11) is 0. The summed E-state index contributed by atoms with van der Waals surface area (Å²) in [4.78, 5) is 0. The number of benzene rings is 3. The Hall–Kier alpha value is -2.58. The highest BCUT2D eigenvalue weighted by atomic mass is 16.5. The zero-order chi connectivity index (χ0) is 20.6. The molecule has 0 aliphatic carbocycles. The second-order valence-corrected chi connectivity index (χ2v) is 8.07. The van der Waals surface area contributed by atoms with Crippen LogP contribution < -0.4 is 10.1 Å². The van der Waals surface area contributed by atoms with Crippen molar-refractivity contribution in [3.8, 4) is 5.75 Å². The second kappa shape index (κ2) is 10.3. The van der Waals surface area contributed by atoms with Gasteiger partial charge in [0, 0.05) is 12.0 Å². The molecule has 0 saturated carbocycles. The molecule has 29 heavy (non-hydrogen) atoms. The summed E-state index contributed by atoms with van der Waals surface area (Å²) in [5, 5.41) is 3.69. The Morgan fingerprint density at radius 2 is 1.31 bits per heavy atom. The maximum atomic E-state index is 5.82. The molecule has 3 rings (SSSR count). The Bertz CT molecular complexity index is 853. The minimum atomic E-state index is 0.192. The van der Waals surface area contributed by atoms with Crippen LogP contribution in [0.3, 0.4) is 0 Å². The molecule has 0 aromatic heterocycles. The maximum Gasteiger partial charge on any atom is 0.119 e. The molecule has 1 N–H and O–H groups in total. The van der Waals surface area contributed by atoms with E-state index in [4.69, 9.17) is 4.74 Å². The summed E-state index contributed by atoms with van der Waals surface area (Å²) in [6.07, 6.45) is 1.24. The number of hydrogen-bond acceptors (Lipinski definition) is 2. The van der Waals surface area contributed by atoms with Gasteiger partial charge < -0.3 is 10.1 Å². The summed E-state index contributed by atoms with van der Waals surface area (Å²) in [5.41, 5.74) is 5.32. The average Bonchev–Trinajstić information content (AvgIpc) is 2.73. The summed E-state index contributed by atoms with van der Waals surface area (Å²) in [6, 6.07) is 28.5. The van der Waals surface area contributed by atoms with Gasteiger partial charge in [0.1, 0.15) is 5.75 Å². The van der Waals surface area contributed by atoms with Gasteiger partial charge in [-0.25, -0.2) is 0 Å². The quantitative estimate of drug-likeness (QED) is 0.443. The van der Waals surface area contributed by atoms with E-state index in [0.29, 0.717) is 12.0 Å². The molecule has 0 radical (unpaired) electrons. The zero-order valence-electron chi connectivity index (χ0n) is 18.1. The van der Waals surface area contributed by atoms with E-state index >= 15 is 0 Å². The first kappa shape index (κ1) is 21.1. The van der Waals surface area contributed by atoms with Gasteiger partial charge in [-0.05, 0) is 69.5 Å². The van der Waals surface area contributed by atoms with E-state index in [0.717, 1.165) is 18.7 Å². The molecule has 3 aromatic carbocycles. The van der Waals surface area contributed by atoms with Crippen molar-refractivity contribution in [3.05, 3.63) is 101 Å². The Kier molecular flexibility index (Phi) is 7.48. The van der Waals surface area contributed by atoms with Gasteiger partial charge in [-0.3, -0.25) is 0 Å². The molecule has 0 bridgehead atoms. The van der Waals surface area contributed by atoms with Crippen molar-refractivity contribution in [1.82, 2.24) is 5.32 Å². The van der Waals surface area contributed by atoms with Crippen LogP contribution in [0.1, 0.15) is 61.4 Å². The van der Waals surface area contributed by atoms with E-state index < -0.39 is 0 Å². The summed E-state index contributed by atoms with van der Waals surface area (Å²) < 4.78 is 5.82. The van der Waals surface area contributed by atoms with Crippen LogP contribution in [0.4, 0.5) is 0 Å². The Morgan fingerprint density at radius 1 is 0.724 bits per heavy atom. The van der Waals surface area contributed by atoms with Gasteiger partial charge in [-0.1, -0.05) is 72.3 Å². The van der Waals surface area contributed by atoms with E-state index in [1.165, 1.54) is 22.3 Å². The van der Waals surface area contributed by atoms with Gasteiger partial charge in [0.15, 0.2) is 0 Å². The third kappa shape index (κ3) is 6.20. The lowest BCUT2D eigenvalue weighted by atomic mass is 9.88. The highest BCUT2D eigenvalue weighted by molar-refractivity contribution is 5.37. The molecule has 152 valence electrons. The summed E-state index contributed by atoms with van der Waals surface area (Å²) >= 11 is 0. The van der Waals surface area contributed by atoms with Crippen molar-refractivity contribution in [2.24, 2.45) is 0 Å². The molecule has 3 aromatic rings. The van der Waals surface area contributed by atoms with Crippen LogP contribution in [0.5, 0.6) is 5.75 Å². The molecule has 0 spiro atoms. The fourth-order valence-corrected chi connectivity index (χ4v) is 3.68. The van der Waals surface area contributed by atoms with E-state index in [1.807, 2.05) is 0 Å². The molecule has 0 fully saturated rings. The lowest BCUT2D eigenvalue weighted by Gasteiger charge is -2.21. The summed E-state index contributed by atoms with van der Waals surface area (Å²) in [5.74, 6) is 1.29. The molecule has 0 unspecified atom stereocenters.